The summed E-state index contributed by atoms with van der Waals surface area (Å²) in [6.07, 6.45) is 0. The van der Waals surface area contributed by atoms with Crippen molar-refractivity contribution in [2.45, 2.75) is 6.92 Å². The van der Waals surface area contributed by atoms with E-state index >= 15 is 0 Å². The molecule has 460 valence electrons. The molecule has 4 heterocycles. The van der Waals surface area contributed by atoms with Gasteiger partial charge in [0.05, 0.1) is 27.8 Å². The normalized spacial score (nSPS) is 11.4. The Morgan fingerprint density at radius 1 is 0.206 bits per heavy atom. The summed E-state index contributed by atoms with van der Waals surface area (Å²) < 4.78 is 4.75. The van der Waals surface area contributed by atoms with Crippen LogP contribution in [-0.2, 0) is 0 Å². The van der Waals surface area contributed by atoms with Crippen molar-refractivity contribution in [1.29, 1.82) is 0 Å². The molecular weight excluding hydrogens is 1180 g/mol. The highest BCUT2D eigenvalue weighted by Crippen LogP contribution is 2.47. The number of rotatable bonds is 16. The smallest absolute Gasteiger partial charge is 0.140 e. The molecule has 17 rings (SSSR count). The number of aryl methyl sites for hydroxylation is 1. The Morgan fingerprint density at radius 3 is 0.753 bits per heavy atom. The molecule has 0 fully saturated rings. The third kappa shape index (κ3) is 10.9. The predicted octanol–water partition coefficient (Wildman–Crippen LogP) is 24.2. The summed E-state index contributed by atoms with van der Waals surface area (Å²) in [4.78, 5) is 20.4. The van der Waals surface area contributed by atoms with Crippen LogP contribution in [0.3, 0.4) is 0 Å². The maximum Gasteiger partial charge on any atom is 0.140 e. The Hall–Kier alpha value is -13.0. The molecule has 0 N–H and O–H groups in total. The fraction of sp³-hybridized carbons (Fsp3) is 0.0112. The van der Waals surface area contributed by atoms with Crippen LogP contribution in [0.2, 0.25) is 0 Å². The van der Waals surface area contributed by atoms with Crippen molar-refractivity contribution in [3.63, 3.8) is 0 Å². The van der Waals surface area contributed by atoms with Crippen LogP contribution in [-0.4, -0.2) is 19.1 Å². The minimum absolute atomic E-state index is 0.764. The van der Waals surface area contributed by atoms with Crippen molar-refractivity contribution < 1.29 is 0 Å². The van der Waals surface area contributed by atoms with E-state index in [1.807, 2.05) is 13.0 Å². The first-order valence-corrected chi connectivity index (χ1v) is 32.9. The monoisotopic (exact) mass is 1240 g/mol. The number of nitrogens with zero attached hydrogens (tertiary/aromatic N) is 8. The van der Waals surface area contributed by atoms with E-state index in [4.69, 9.17) is 9.97 Å². The van der Waals surface area contributed by atoms with Crippen molar-refractivity contribution in [3.05, 3.63) is 376 Å². The highest BCUT2D eigenvalue weighted by molar-refractivity contribution is 6.14. The third-order valence-electron chi connectivity index (χ3n) is 18.2. The van der Waals surface area contributed by atoms with Crippen LogP contribution in [0.1, 0.15) is 5.69 Å². The number of fused-ring (bicyclic) bond motifs is 6. The Balaban J connectivity index is 0.947. The first-order chi connectivity index (χ1) is 48.0. The molecule has 97 heavy (non-hydrogen) atoms. The van der Waals surface area contributed by atoms with E-state index < -0.39 is 0 Å². The third-order valence-corrected chi connectivity index (χ3v) is 18.2. The molecule has 0 atom stereocenters. The lowest BCUT2D eigenvalue weighted by molar-refractivity contribution is 1.01. The van der Waals surface area contributed by atoms with E-state index in [1.165, 1.54) is 0 Å². The van der Waals surface area contributed by atoms with Gasteiger partial charge in [0, 0.05) is 101 Å². The topological polar surface area (TPSA) is 48.6 Å². The summed E-state index contributed by atoms with van der Waals surface area (Å²) in [5, 5.41) is 4.31. The SMILES string of the molecule is Cc1cccc(-c2cccc(-c3cc(-n4c5ccc(N(c6ccccc6)c6ccccc6)cc5c5cc(N(c6ccccc6)c6ccccc6)ccc54)nc(-n4c5ccc(N(c6ccccc6)c6ccccc6)cc5c5cc(N(c6ccccc6)c6ccccc6)ccc54)c3)c2)n1. The van der Waals surface area contributed by atoms with Crippen LogP contribution in [0.15, 0.2) is 370 Å². The molecule has 4 aromatic heterocycles. The van der Waals surface area contributed by atoms with Crippen LogP contribution < -0.4 is 19.6 Å². The Bertz CT molecular complexity index is 4910. The van der Waals surface area contributed by atoms with Crippen molar-refractivity contribution in [1.82, 2.24) is 19.1 Å². The summed E-state index contributed by atoms with van der Waals surface area (Å²) in [7, 11) is 0. The fourth-order valence-corrected chi connectivity index (χ4v) is 13.9. The molecule has 17 aromatic rings. The zero-order valence-electron chi connectivity index (χ0n) is 53.3. The lowest BCUT2D eigenvalue weighted by atomic mass is 10.0. The van der Waals surface area contributed by atoms with Crippen molar-refractivity contribution in [2.24, 2.45) is 0 Å². The number of pyridine rings is 2. The second kappa shape index (κ2) is 25.1. The number of hydrogen-bond acceptors (Lipinski definition) is 6. The van der Waals surface area contributed by atoms with E-state index in [9.17, 15) is 0 Å². The second-order valence-electron chi connectivity index (χ2n) is 24.3. The number of hydrogen-bond donors (Lipinski definition) is 0. The van der Waals surface area contributed by atoms with Gasteiger partial charge in [-0.1, -0.05) is 170 Å². The largest absolute Gasteiger partial charge is 0.310 e. The summed E-state index contributed by atoms with van der Waals surface area (Å²) in [5.41, 5.74) is 21.6. The number of anilines is 12. The first-order valence-electron chi connectivity index (χ1n) is 32.9. The Kier molecular flexibility index (Phi) is 15.0. The van der Waals surface area contributed by atoms with Gasteiger partial charge in [0.2, 0.25) is 0 Å². The van der Waals surface area contributed by atoms with Gasteiger partial charge in [0.25, 0.3) is 0 Å². The zero-order valence-corrected chi connectivity index (χ0v) is 53.3. The van der Waals surface area contributed by atoms with Crippen LogP contribution in [0, 0.1) is 6.92 Å². The summed E-state index contributed by atoms with van der Waals surface area (Å²) >= 11 is 0. The average Bonchev–Trinajstić information content (AvgIpc) is 1.58. The molecule has 0 bridgehead atoms. The molecule has 0 saturated heterocycles. The number of benzene rings is 13. The van der Waals surface area contributed by atoms with E-state index in [-0.39, 0.29) is 0 Å². The van der Waals surface area contributed by atoms with Gasteiger partial charge >= 0.3 is 0 Å². The van der Waals surface area contributed by atoms with Crippen LogP contribution in [0.4, 0.5) is 68.2 Å². The van der Waals surface area contributed by atoms with E-state index in [0.29, 0.717) is 0 Å². The summed E-state index contributed by atoms with van der Waals surface area (Å²) in [6, 6.07) is 132. The van der Waals surface area contributed by atoms with E-state index in [1.54, 1.807) is 0 Å². The highest BCUT2D eigenvalue weighted by Gasteiger charge is 2.25. The number of para-hydroxylation sites is 8. The molecule has 0 spiro atoms. The molecule has 0 aliphatic rings. The van der Waals surface area contributed by atoms with Gasteiger partial charge in [-0.2, -0.15) is 0 Å². The molecular formula is C89H64N8. The standard InChI is InChI=1S/C89H64N8/c1-63-28-26-47-83(90-63)65-30-27-29-64(56-65)66-57-88(96-84-52-48-75(92(67-31-10-2-11-32-67)68-33-12-3-13-34-68)59-79(84)80-60-76(49-53-85(80)96)93(69-35-14-4-15-36-69)70-37-16-5-17-38-70)91-89(58-66)97-86-54-50-77(94(71-39-18-6-19-40-71)72-41-20-7-21-42-72)61-81(86)82-62-78(51-55-87(82)97)95(73-43-22-8-23-44-73)74-45-24-9-25-46-74/h2-62H,1H3. The molecule has 13 aromatic carbocycles. The molecule has 8 heteroatoms. The molecule has 0 radical (unpaired) electrons. The van der Waals surface area contributed by atoms with Gasteiger partial charge in [-0.15, -0.1) is 0 Å². The van der Waals surface area contributed by atoms with Crippen molar-refractivity contribution >= 4 is 112 Å². The average molecular weight is 1250 g/mol. The quantitative estimate of drug-likeness (QED) is 0.0961. The molecule has 0 aliphatic heterocycles. The van der Waals surface area contributed by atoms with E-state index in [0.717, 1.165) is 152 Å². The minimum Gasteiger partial charge on any atom is -0.310 e. The van der Waals surface area contributed by atoms with Crippen LogP contribution in [0.25, 0.3) is 77.6 Å². The molecule has 0 saturated carbocycles. The fourth-order valence-electron chi connectivity index (χ4n) is 13.9. The summed E-state index contributed by atoms with van der Waals surface area (Å²) in [5.74, 6) is 1.53. The maximum absolute atomic E-state index is 6.02. The lowest BCUT2D eigenvalue weighted by Gasteiger charge is -2.26. The molecule has 0 aliphatic carbocycles. The summed E-state index contributed by atoms with van der Waals surface area (Å²) in [6.45, 7) is 2.05. The zero-order chi connectivity index (χ0) is 64.6. The molecule has 0 amide bonds. The van der Waals surface area contributed by atoms with Gasteiger partial charge in [-0.05, 0) is 218 Å². The van der Waals surface area contributed by atoms with Gasteiger partial charge in [0.15, 0.2) is 0 Å². The minimum atomic E-state index is 0.764. The highest BCUT2D eigenvalue weighted by atomic mass is 15.2. The van der Waals surface area contributed by atoms with Gasteiger partial charge in [-0.3, -0.25) is 14.1 Å². The van der Waals surface area contributed by atoms with Crippen molar-refractivity contribution in [3.8, 4) is 34.0 Å². The molecule has 8 nitrogen and oxygen atoms in total. The van der Waals surface area contributed by atoms with Crippen LogP contribution >= 0.6 is 0 Å². The first kappa shape index (κ1) is 57.8. The van der Waals surface area contributed by atoms with Gasteiger partial charge < -0.3 is 19.6 Å². The molecule has 0 unspecified atom stereocenters. The Labute approximate surface area is 564 Å². The second-order valence-corrected chi connectivity index (χ2v) is 24.3. The number of aromatic nitrogens is 4. The maximum atomic E-state index is 6.02. The Morgan fingerprint density at radius 2 is 0.474 bits per heavy atom. The van der Waals surface area contributed by atoms with Gasteiger partial charge in [0.1, 0.15) is 11.6 Å². The van der Waals surface area contributed by atoms with Gasteiger partial charge in [-0.25, -0.2) is 4.98 Å². The van der Waals surface area contributed by atoms with Crippen LogP contribution in [0.5, 0.6) is 0 Å². The predicted molar refractivity (Wildman–Crippen MR) is 405 cm³/mol. The lowest BCUT2D eigenvalue weighted by Crippen LogP contribution is -2.09. The van der Waals surface area contributed by atoms with E-state index in [2.05, 4.69) is 393 Å². The van der Waals surface area contributed by atoms with Crippen molar-refractivity contribution in [2.75, 3.05) is 19.6 Å².